The van der Waals surface area contributed by atoms with E-state index in [-0.39, 0.29) is 5.56 Å². The van der Waals surface area contributed by atoms with Crippen LogP contribution in [0.2, 0.25) is 0 Å². The van der Waals surface area contributed by atoms with Crippen LogP contribution in [-0.2, 0) is 25.1 Å². The summed E-state index contributed by atoms with van der Waals surface area (Å²) in [6.45, 7) is 0. The van der Waals surface area contributed by atoms with Gasteiger partial charge in [-0.1, -0.05) is 34.2 Å². The normalized spacial score (nSPS) is 12.1. The zero-order valence-corrected chi connectivity index (χ0v) is 13.8. The molecule has 2 rings (SSSR count). The molecule has 136 valence electrons. The molecule has 0 aliphatic carbocycles. The smallest absolute Gasteiger partial charge is 0.340 e. The van der Waals surface area contributed by atoms with Crippen LogP contribution >= 0.6 is 0 Å². The number of nitrogens with zero attached hydrogens (tertiary/aromatic N) is 1. The van der Waals surface area contributed by atoms with Gasteiger partial charge in [0.15, 0.2) is 0 Å². The third-order valence-electron chi connectivity index (χ3n) is 2.28. The summed E-state index contributed by atoms with van der Waals surface area (Å²) in [5, 5.41) is 0. The molecule has 2 aromatic carbocycles. The third kappa shape index (κ3) is 9.46. The Hall–Kier alpha value is -2.41. The summed E-state index contributed by atoms with van der Waals surface area (Å²) in [7, 11) is -9.97. The molecule has 0 radical (unpaired) electrons. The summed E-state index contributed by atoms with van der Waals surface area (Å²) < 4.78 is 82.6. The minimum Gasteiger partial charge on any atom is -0.340 e. The molecule has 25 heavy (non-hydrogen) atoms. The number of halogens is 2. The van der Waals surface area contributed by atoms with Crippen LogP contribution in [-0.4, -0.2) is 31.8 Å². The molecule has 0 heterocycles. The lowest BCUT2D eigenvalue weighted by Crippen LogP contribution is -2.14. The number of aliphatic imine (C=N–C) groups is 1. The summed E-state index contributed by atoms with van der Waals surface area (Å²) in [6.07, 6.45) is 0. The molecule has 0 aliphatic rings. The Morgan fingerprint density at radius 3 is 1.88 bits per heavy atom. The van der Waals surface area contributed by atoms with Crippen molar-refractivity contribution in [2.24, 2.45) is 4.99 Å². The van der Waals surface area contributed by atoms with Crippen LogP contribution in [0.15, 0.2) is 59.6 Å². The number of rotatable bonds is 3. The van der Waals surface area contributed by atoms with Gasteiger partial charge in [0, 0.05) is 0 Å². The van der Waals surface area contributed by atoms with E-state index in [2.05, 4.69) is 9.18 Å². The van der Waals surface area contributed by atoms with E-state index in [0.29, 0.717) is 5.69 Å². The molecule has 0 saturated heterocycles. The van der Waals surface area contributed by atoms with E-state index in [4.69, 9.17) is 17.5 Å². The fraction of sp³-hybridized carbons (Fsp3) is 0. The summed E-state index contributed by atoms with van der Waals surface area (Å²) in [5.74, 6) is -1.26. The molecule has 0 fully saturated rings. The van der Waals surface area contributed by atoms with Crippen molar-refractivity contribution in [2.75, 3.05) is 0 Å². The fourth-order valence-corrected chi connectivity index (χ4v) is 1.80. The van der Waals surface area contributed by atoms with Crippen molar-refractivity contribution < 1.29 is 38.4 Å². The van der Waals surface area contributed by atoms with Crippen molar-refractivity contribution in [1.29, 1.82) is 0 Å². The quantitative estimate of drug-likeness (QED) is 0.353. The molecule has 0 aliphatic heterocycles. The number of para-hydroxylation sites is 1. The van der Waals surface area contributed by atoms with Crippen molar-refractivity contribution in [3.63, 3.8) is 0 Å². The van der Waals surface area contributed by atoms with Crippen molar-refractivity contribution in [2.45, 2.75) is 0 Å². The predicted molar refractivity (Wildman–Crippen MR) is 84.3 cm³/mol. The van der Waals surface area contributed by atoms with Gasteiger partial charge in [-0.05, 0) is 24.3 Å². The first kappa shape index (κ1) is 20.6. The molecule has 2 aromatic rings. The first-order chi connectivity index (χ1) is 11.5. The topological polar surface area (TPSA) is 130 Å². The van der Waals surface area contributed by atoms with Crippen LogP contribution in [0.5, 0.6) is 0 Å². The highest BCUT2D eigenvalue weighted by atomic mass is 32.3. The average Bonchev–Trinajstić information content (AvgIpc) is 2.45. The van der Waals surface area contributed by atoms with Gasteiger partial charge in [-0.3, -0.25) is 9.11 Å². The van der Waals surface area contributed by atoms with Gasteiger partial charge < -0.3 is 4.18 Å². The molecule has 0 amide bonds. The van der Waals surface area contributed by atoms with Gasteiger partial charge in [-0.15, -0.1) is 0 Å². The maximum atomic E-state index is 13.7. The highest BCUT2D eigenvalue weighted by molar-refractivity contribution is 7.81. The van der Waals surface area contributed by atoms with E-state index in [1.807, 2.05) is 0 Å². The standard InChI is InChI=1S/C13H10FNO4S.FHO3S/c14-12-9-5-4-8-11(12)13(19-20(16,17)18)15-10-6-2-1-3-7-10;1-5(2,3)4/h1-9H,(H,16,17,18);(H,2,3,4). The lowest BCUT2D eigenvalue weighted by molar-refractivity contribution is 0.382. The van der Waals surface area contributed by atoms with E-state index in [9.17, 15) is 16.7 Å². The Kier molecular flexibility index (Phi) is 7.11. The Labute approximate surface area is 142 Å². The Bertz CT molecular complexity index is 937. The molecule has 0 saturated carbocycles. The van der Waals surface area contributed by atoms with Gasteiger partial charge in [0.2, 0.25) is 5.90 Å². The maximum Gasteiger partial charge on any atom is 0.448 e. The van der Waals surface area contributed by atoms with E-state index in [1.54, 1.807) is 30.3 Å². The SMILES string of the molecule is O=S(=O)(O)F.O=S(=O)(O)OC(=Nc1ccccc1)c1ccccc1F. The molecule has 0 bridgehead atoms. The number of benzene rings is 2. The summed E-state index contributed by atoms with van der Waals surface area (Å²) in [4.78, 5) is 3.89. The first-order valence-corrected chi connectivity index (χ1v) is 8.89. The average molecular weight is 395 g/mol. The molecule has 0 spiro atoms. The van der Waals surface area contributed by atoms with Gasteiger partial charge >= 0.3 is 20.9 Å². The monoisotopic (exact) mass is 395 g/mol. The fourth-order valence-electron chi connectivity index (χ4n) is 1.48. The third-order valence-corrected chi connectivity index (χ3v) is 2.64. The lowest BCUT2D eigenvalue weighted by Gasteiger charge is -2.07. The second-order valence-electron chi connectivity index (χ2n) is 4.16. The second-order valence-corrected chi connectivity index (χ2v) is 6.00. The highest BCUT2D eigenvalue weighted by Crippen LogP contribution is 2.16. The van der Waals surface area contributed by atoms with Gasteiger partial charge in [0.1, 0.15) is 5.82 Å². The van der Waals surface area contributed by atoms with Crippen molar-refractivity contribution in [1.82, 2.24) is 0 Å². The molecule has 12 heteroatoms. The van der Waals surface area contributed by atoms with Crippen LogP contribution in [0, 0.1) is 5.82 Å². The van der Waals surface area contributed by atoms with Gasteiger partial charge in [0.05, 0.1) is 11.3 Å². The van der Waals surface area contributed by atoms with Crippen LogP contribution in [0.1, 0.15) is 5.56 Å². The molecule has 0 aromatic heterocycles. The van der Waals surface area contributed by atoms with Gasteiger partial charge in [-0.25, -0.2) is 9.38 Å². The van der Waals surface area contributed by atoms with Crippen molar-refractivity contribution in [3.8, 4) is 0 Å². The molecular weight excluding hydrogens is 384 g/mol. The minimum absolute atomic E-state index is 0.172. The van der Waals surface area contributed by atoms with E-state index in [0.717, 1.165) is 6.07 Å². The predicted octanol–water partition coefficient (Wildman–Crippen LogP) is 2.48. The zero-order chi connectivity index (χ0) is 19.1. The van der Waals surface area contributed by atoms with Crippen molar-refractivity contribution in [3.05, 3.63) is 66.0 Å². The summed E-state index contributed by atoms with van der Waals surface area (Å²) >= 11 is 0. The van der Waals surface area contributed by atoms with Crippen LogP contribution in [0.25, 0.3) is 0 Å². The molecule has 0 atom stereocenters. The van der Waals surface area contributed by atoms with Crippen molar-refractivity contribution >= 4 is 32.5 Å². The molecular formula is C13H11F2NO7S2. The van der Waals surface area contributed by atoms with E-state index in [1.165, 1.54) is 18.2 Å². The molecule has 0 unspecified atom stereocenters. The Morgan fingerprint density at radius 2 is 1.40 bits per heavy atom. The van der Waals surface area contributed by atoms with Crippen LogP contribution in [0.4, 0.5) is 14.0 Å². The first-order valence-electron chi connectivity index (χ1n) is 6.18. The summed E-state index contributed by atoms with van der Waals surface area (Å²) in [5.41, 5.74) is 0.184. The zero-order valence-electron chi connectivity index (χ0n) is 12.2. The van der Waals surface area contributed by atoms with Crippen LogP contribution < -0.4 is 0 Å². The van der Waals surface area contributed by atoms with Crippen LogP contribution in [0.3, 0.4) is 0 Å². The van der Waals surface area contributed by atoms with Gasteiger partial charge in [0.25, 0.3) is 0 Å². The highest BCUT2D eigenvalue weighted by Gasteiger charge is 2.17. The number of hydrogen-bond acceptors (Lipinski definition) is 6. The number of hydrogen-bond donors (Lipinski definition) is 2. The minimum atomic E-state index is -5.17. The molecule has 2 N–H and O–H groups in total. The second kappa shape index (κ2) is 8.62. The van der Waals surface area contributed by atoms with E-state index < -0.39 is 32.6 Å². The maximum absolute atomic E-state index is 13.7. The largest absolute Gasteiger partial charge is 0.448 e. The Morgan fingerprint density at radius 1 is 0.920 bits per heavy atom. The van der Waals surface area contributed by atoms with Gasteiger partial charge in [-0.2, -0.15) is 16.8 Å². The summed E-state index contributed by atoms with van der Waals surface area (Å²) in [6, 6.07) is 13.6. The lowest BCUT2D eigenvalue weighted by atomic mass is 10.2. The Balaban J connectivity index is 0.000000550. The molecule has 8 nitrogen and oxygen atoms in total. The van der Waals surface area contributed by atoms with E-state index >= 15 is 0 Å².